The number of carbonyl (C=O) groups is 1. The highest BCUT2D eigenvalue weighted by molar-refractivity contribution is 5.97. The summed E-state index contributed by atoms with van der Waals surface area (Å²) in [6.07, 6.45) is 0. The number of aryl methyl sites for hydroxylation is 1. The van der Waals surface area contributed by atoms with E-state index in [9.17, 15) is 4.79 Å². The van der Waals surface area contributed by atoms with E-state index in [4.69, 9.17) is 15.2 Å². The maximum absolute atomic E-state index is 12.9. The van der Waals surface area contributed by atoms with Crippen LogP contribution in [0.1, 0.15) is 32.6 Å². The van der Waals surface area contributed by atoms with Crippen LogP contribution in [0, 0.1) is 6.92 Å². The third-order valence-corrected chi connectivity index (χ3v) is 6.53. The summed E-state index contributed by atoms with van der Waals surface area (Å²) in [5, 5.41) is 0. The summed E-state index contributed by atoms with van der Waals surface area (Å²) in [6, 6.07) is 27.3. The number of nitrogens with zero attached hydrogens (tertiary/aromatic N) is 1. The van der Waals surface area contributed by atoms with E-state index in [0.717, 1.165) is 28.1 Å². The van der Waals surface area contributed by atoms with E-state index in [1.54, 1.807) is 12.1 Å². The number of carbonyl (C=O) groups excluding carboxylic acids is 1. The van der Waals surface area contributed by atoms with Crippen LogP contribution in [0.15, 0.2) is 84.9 Å². The first-order valence-corrected chi connectivity index (χ1v) is 10.8. The van der Waals surface area contributed by atoms with Crippen LogP contribution in [0.4, 0.5) is 17.1 Å². The van der Waals surface area contributed by atoms with Gasteiger partial charge in [-0.15, -0.1) is 0 Å². The third kappa shape index (κ3) is 2.75. The summed E-state index contributed by atoms with van der Waals surface area (Å²) in [6.45, 7) is 2.07. The van der Waals surface area contributed by atoms with Gasteiger partial charge in [-0.2, -0.15) is 0 Å². The lowest BCUT2D eigenvalue weighted by Gasteiger charge is -2.37. The Morgan fingerprint density at radius 2 is 1.55 bits per heavy atom. The van der Waals surface area contributed by atoms with Gasteiger partial charge in [0.1, 0.15) is 11.5 Å². The summed E-state index contributed by atoms with van der Waals surface area (Å²) >= 11 is 0. The van der Waals surface area contributed by atoms with Gasteiger partial charge in [0.25, 0.3) is 0 Å². The van der Waals surface area contributed by atoms with Crippen molar-refractivity contribution in [2.24, 2.45) is 0 Å². The minimum Gasteiger partial charge on any atom is -0.456 e. The largest absolute Gasteiger partial charge is 0.456 e. The van der Waals surface area contributed by atoms with Crippen molar-refractivity contribution >= 4 is 23.0 Å². The Hall–Kier alpha value is -4.25. The Bertz CT molecular complexity index is 1430. The third-order valence-electron chi connectivity index (χ3n) is 6.53. The quantitative estimate of drug-likeness (QED) is 0.314. The zero-order chi connectivity index (χ0) is 22.7. The number of rotatable bonds is 2. The molecule has 0 saturated heterocycles. The van der Waals surface area contributed by atoms with E-state index in [2.05, 4.69) is 36.1 Å². The number of esters is 1. The summed E-state index contributed by atoms with van der Waals surface area (Å²) < 4.78 is 12.5. The van der Waals surface area contributed by atoms with Gasteiger partial charge in [-0.1, -0.05) is 35.9 Å². The predicted octanol–water partition coefficient (Wildman–Crippen LogP) is 5.91. The normalized spacial score (nSPS) is 17.6. The second-order valence-electron chi connectivity index (χ2n) is 8.55. The number of nitrogens with two attached hydrogens (primary N) is 1. The number of anilines is 3. The van der Waals surface area contributed by atoms with Crippen molar-refractivity contribution in [3.05, 3.63) is 113 Å². The maximum Gasteiger partial charge on any atom is 0.340 e. The number of hydrogen-bond donors (Lipinski definition) is 1. The van der Waals surface area contributed by atoms with Gasteiger partial charge in [-0.05, 0) is 55.5 Å². The minimum atomic E-state index is -1.10. The Labute approximate surface area is 192 Å². The molecule has 2 aliphatic rings. The topological polar surface area (TPSA) is 64.8 Å². The molecule has 0 fully saturated rings. The second kappa shape index (κ2) is 6.87. The molecule has 6 rings (SSSR count). The summed E-state index contributed by atoms with van der Waals surface area (Å²) in [7, 11) is 2.02. The summed E-state index contributed by atoms with van der Waals surface area (Å²) in [4.78, 5) is 15.0. The van der Waals surface area contributed by atoms with E-state index < -0.39 is 5.60 Å². The first kappa shape index (κ1) is 19.4. The molecule has 1 unspecified atom stereocenters. The smallest absolute Gasteiger partial charge is 0.340 e. The van der Waals surface area contributed by atoms with Crippen molar-refractivity contribution < 1.29 is 14.3 Å². The summed E-state index contributed by atoms with van der Waals surface area (Å²) in [5.41, 5.74) is 11.7. The van der Waals surface area contributed by atoms with Crippen LogP contribution >= 0.6 is 0 Å². The molecule has 33 heavy (non-hydrogen) atoms. The molecule has 2 aliphatic heterocycles. The molecule has 0 aliphatic carbocycles. The van der Waals surface area contributed by atoms with Crippen LogP contribution in [0.2, 0.25) is 0 Å². The molecule has 2 N–H and O–H groups in total. The maximum atomic E-state index is 12.9. The number of ether oxygens (including phenoxy) is 2. The van der Waals surface area contributed by atoms with Crippen molar-refractivity contribution in [1.82, 2.24) is 0 Å². The Morgan fingerprint density at radius 1 is 0.788 bits per heavy atom. The monoisotopic (exact) mass is 434 g/mol. The van der Waals surface area contributed by atoms with Crippen LogP contribution in [0.25, 0.3) is 0 Å². The molecule has 5 nitrogen and oxygen atoms in total. The lowest BCUT2D eigenvalue weighted by molar-refractivity contribution is 0.0224. The van der Waals surface area contributed by atoms with Crippen LogP contribution in [0.3, 0.4) is 0 Å². The van der Waals surface area contributed by atoms with Crippen LogP contribution in [0.5, 0.6) is 11.5 Å². The van der Waals surface area contributed by atoms with Crippen molar-refractivity contribution in [3.63, 3.8) is 0 Å². The molecule has 162 valence electrons. The molecule has 5 heteroatoms. The molecule has 0 radical (unpaired) electrons. The van der Waals surface area contributed by atoms with E-state index >= 15 is 0 Å². The average molecular weight is 434 g/mol. The zero-order valence-electron chi connectivity index (χ0n) is 18.3. The fourth-order valence-electron chi connectivity index (χ4n) is 4.80. The van der Waals surface area contributed by atoms with Gasteiger partial charge >= 0.3 is 5.97 Å². The zero-order valence-corrected chi connectivity index (χ0v) is 18.3. The molecule has 1 atom stereocenters. The standard InChI is InChI=1S/C28H22N2O3/c1-17-7-10-19(11-8-17)30(2)20-12-13-23-26(16-20)32-25-14-9-18(29)15-24(25)28(23)22-6-4-3-5-21(22)27(31)33-28/h3-16H,29H2,1-2H3. The second-order valence-corrected chi connectivity index (χ2v) is 8.55. The number of fused-ring (bicyclic) bond motifs is 6. The van der Waals surface area contributed by atoms with Crippen molar-refractivity contribution in [3.8, 4) is 11.5 Å². The highest BCUT2D eigenvalue weighted by atomic mass is 16.6. The number of hydrogen-bond acceptors (Lipinski definition) is 5. The Kier molecular flexibility index (Phi) is 4.05. The molecule has 0 bridgehead atoms. The average Bonchev–Trinajstić information content (AvgIpc) is 3.13. The molecule has 2 heterocycles. The van der Waals surface area contributed by atoms with Gasteiger partial charge < -0.3 is 20.1 Å². The molecule has 0 aromatic heterocycles. The predicted molar refractivity (Wildman–Crippen MR) is 128 cm³/mol. The van der Waals surface area contributed by atoms with Crippen LogP contribution < -0.4 is 15.4 Å². The highest BCUT2D eigenvalue weighted by Gasteiger charge is 2.53. The lowest BCUT2D eigenvalue weighted by Crippen LogP contribution is -2.33. The van der Waals surface area contributed by atoms with Gasteiger partial charge in [0.05, 0.1) is 5.56 Å². The summed E-state index contributed by atoms with van der Waals surface area (Å²) in [5.74, 6) is 0.914. The van der Waals surface area contributed by atoms with E-state index in [1.807, 2.05) is 55.6 Å². The van der Waals surface area contributed by atoms with Crippen LogP contribution in [-0.4, -0.2) is 13.0 Å². The first-order chi connectivity index (χ1) is 16.0. The van der Waals surface area contributed by atoms with Gasteiger partial charge in [-0.3, -0.25) is 0 Å². The minimum absolute atomic E-state index is 0.354. The van der Waals surface area contributed by atoms with Gasteiger partial charge in [0.15, 0.2) is 5.60 Å². The van der Waals surface area contributed by atoms with Gasteiger partial charge in [0.2, 0.25) is 0 Å². The molecule has 0 amide bonds. The van der Waals surface area contributed by atoms with Crippen LogP contribution in [-0.2, 0) is 10.3 Å². The lowest BCUT2D eigenvalue weighted by atomic mass is 9.77. The molecular formula is C28H22N2O3. The Balaban J connectivity index is 1.56. The molecule has 1 spiro atoms. The molecule has 0 saturated carbocycles. The first-order valence-electron chi connectivity index (χ1n) is 10.8. The van der Waals surface area contributed by atoms with Crippen molar-refractivity contribution in [2.45, 2.75) is 12.5 Å². The number of benzene rings is 4. The molecule has 4 aromatic rings. The fraction of sp³-hybridized carbons (Fsp3) is 0.107. The van der Waals surface area contributed by atoms with Gasteiger partial charge in [0, 0.05) is 46.9 Å². The fourth-order valence-corrected chi connectivity index (χ4v) is 4.80. The molecular weight excluding hydrogens is 412 g/mol. The SMILES string of the molecule is Cc1ccc(N(C)c2ccc3c(c2)Oc2ccc(N)cc2C32OC(=O)c3ccccc32)cc1. The van der Waals surface area contributed by atoms with E-state index in [-0.39, 0.29) is 5.97 Å². The van der Waals surface area contributed by atoms with E-state index in [1.165, 1.54) is 5.56 Å². The number of nitrogen functional groups attached to an aromatic ring is 1. The van der Waals surface area contributed by atoms with Crippen molar-refractivity contribution in [2.75, 3.05) is 17.7 Å². The highest BCUT2D eigenvalue weighted by Crippen LogP contribution is 2.56. The molecule has 4 aromatic carbocycles. The Morgan fingerprint density at radius 3 is 2.36 bits per heavy atom. The van der Waals surface area contributed by atoms with Gasteiger partial charge in [-0.25, -0.2) is 4.79 Å². The van der Waals surface area contributed by atoms with Crippen molar-refractivity contribution in [1.29, 1.82) is 0 Å². The van der Waals surface area contributed by atoms with E-state index in [0.29, 0.717) is 22.7 Å².